The number of aryl methyl sites for hydroxylation is 1. The van der Waals surface area contributed by atoms with Crippen LogP contribution in [-0.4, -0.2) is 9.97 Å². The summed E-state index contributed by atoms with van der Waals surface area (Å²) in [4.78, 5) is 8.89. The standard InChI is InChI=1S/C24H20N4OS/c1-16-7-2-5-12-22(16)29-14-21-20(13-25)23(26)28-24(27-21)30-15-18-10-6-9-17-8-3-4-11-19(17)18/h2-12H,14-15H2,1H3,(H2,26,27,28). The highest BCUT2D eigenvalue weighted by atomic mass is 32.2. The van der Waals surface area contributed by atoms with Crippen LogP contribution in [0.15, 0.2) is 71.9 Å². The SMILES string of the molecule is Cc1ccccc1OCc1nc(SCc2cccc3ccccc23)nc(N)c1C#N. The topological polar surface area (TPSA) is 84.8 Å². The average Bonchev–Trinajstić information content (AvgIpc) is 2.77. The average molecular weight is 413 g/mol. The van der Waals surface area contributed by atoms with Crippen LogP contribution in [0.1, 0.15) is 22.4 Å². The van der Waals surface area contributed by atoms with Crippen molar-refractivity contribution in [3.63, 3.8) is 0 Å². The van der Waals surface area contributed by atoms with Crippen LogP contribution in [0.25, 0.3) is 10.8 Å². The number of thioether (sulfide) groups is 1. The number of anilines is 1. The normalized spacial score (nSPS) is 10.7. The highest BCUT2D eigenvalue weighted by Gasteiger charge is 2.14. The van der Waals surface area contributed by atoms with E-state index in [-0.39, 0.29) is 18.0 Å². The lowest BCUT2D eigenvalue weighted by atomic mass is 10.1. The summed E-state index contributed by atoms with van der Waals surface area (Å²) in [5, 5.41) is 12.4. The van der Waals surface area contributed by atoms with E-state index in [4.69, 9.17) is 10.5 Å². The molecule has 0 spiro atoms. The van der Waals surface area contributed by atoms with Crippen molar-refractivity contribution in [1.29, 1.82) is 5.26 Å². The second-order valence-electron chi connectivity index (χ2n) is 6.81. The minimum atomic E-state index is 0.155. The molecule has 1 heterocycles. The molecule has 30 heavy (non-hydrogen) atoms. The molecule has 0 fully saturated rings. The van der Waals surface area contributed by atoms with E-state index in [0.717, 1.165) is 11.3 Å². The first-order valence-electron chi connectivity index (χ1n) is 9.50. The summed E-state index contributed by atoms with van der Waals surface area (Å²) in [5.74, 6) is 1.63. The van der Waals surface area contributed by atoms with Gasteiger partial charge in [0.25, 0.3) is 0 Å². The first-order chi connectivity index (χ1) is 14.7. The van der Waals surface area contributed by atoms with E-state index < -0.39 is 0 Å². The Morgan fingerprint density at radius 3 is 2.60 bits per heavy atom. The van der Waals surface area contributed by atoms with Gasteiger partial charge in [0.15, 0.2) is 5.16 Å². The molecule has 5 nitrogen and oxygen atoms in total. The van der Waals surface area contributed by atoms with Crippen molar-refractivity contribution in [2.24, 2.45) is 0 Å². The molecule has 0 bridgehead atoms. The number of ether oxygens (including phenoxy) is 1. The van der Waals surface area contributed by atoms with E-state index >= 15 is 0 Å². The monoisotopic (exact) mass is 412 g/mol. The number of nitrogens with zero attached hydrogens (tertiary/aromatic N) is 3. The molecule has 0 aliphatic carbocycles. The molecule has 2 N–H and O–H groups in total. The van der Waals surface area contributed by atoms with Crippen molar-refractivity contribution in [3.8, 4) is 11.8 Å². The van der Waals surface area contributed by atoms with Gasteiger partial charge >= 0.3 is 0 Å². The summed E-state index contributed by atoms with van der Waals surface area (Å²) in [7, 11) is 0. The number of nitrogen functional groups attached to an aromatic ring is 1. The summed E-state index contributed by atoms with van der Waals surface area (Å²) >= 11 is 1.49. The number of rotatable bonds is 6. The summed E-state index contributed by atoms with van der Waals surface area (Å²) < 4.78 is 5.89. The van der Waals surface area contributed by atoms with Crippen molar-refractivity contribution < 1.29 is 4.74 Å². The lowest BCUT2D eigenvalue weighted by Crippen LogP contribution is -2.08. The minimum Gasteiger partial charge on any atom is -0.487 e. The zero-order chi connectivity index (χ0) is 20.9. The van der Waals surface area contributed by atoms with Gasteiger partial charge in [-0.1, -0.05) is 72.4 Å². The Kier molecular flexibility index (Phi) is 5.82. The zero-order valence-corrected chi connectivity index (χ0v) is 17.3. The van der Waals surface area contributed by atoms with Crippen molar-refractivity contribution in [3.05, 3.63) is 89.1 Å². The fraction of sp³-hybridized carbons (Fsp3) is 0.125. The number of benzene rings is 3. The number of nitrogens with two attached hydrogens (primary N) is 1. The quantitative estimate of drug-likeness (QED) is 0.343. The van der Waals surface area contributed by atoms with E-state index in [1.807, 2.05) is 49.4 Å². The van der Waals surface area contributed by atoms with E-state index in [1.54, 1.807) is 0 Å². The molecule has 6 heteroatoms. The van der Waals surface area contributed by atoms with Crippen LogP contribution in [-0.2, 0) is 12.4 Å². The molecule has 0 unspecified atom stereocenters. The lowest BCUT2D eigenvalue weighted by molar-refractivity contribution is 0.297. The fourth-order valence-corrected chi connectivity index (χ4v) is 4.09. The van der Waals surface area contributed by atoms with Crippen molar-refractivity contribution >= 4 is 28.4 Å². The van der Waals surface area contributed by atoms with E-state index in [1.165, 1.54) is 28.1 Å². The van der Waals surface area contributed by atoms with Gasteiger partial charge in [-0.3, -0.25) is 0 Å². The number of hydrogen-bond donors (Lipinski definition) is 1. The van der Waals surface area contributed by atoms with Crippen molar-refractivity contribution in [2.75, 3.05) is 5.73 Å². The summed E-state index contributed by atoms with van der Waals surface area (Å²) in [6, 6.07) is 24.4. The molecule has 0 saturated carbocycles. The minimum absolute atomic E-state index is 0.155. The van der Waals surface area contributed by atoms with E-state index in [9.17, 15) is 5.26 Å². The maximum Gasteiger partial charge on any atom is 0.190 e. The number of para-hydroxylation sites is 1. The molecule has 3 aromatic carbocycles. The largest absolute Gasteiger partial charge is 0.487 e. The van der Waals surface area contributed by atoms with Gasteiger partial charge in [0.05, 0.1) is 0 Å². The third-order valence-corrected chi connectivity index (χ3v) is 5.69. The Labute approximate surface area is 179 Å². The second-order valence-corrected chi connectivity index (χ2v) is 7.75. The van der Waals surface area contributed by atoms with Crippen LogP contribution in [0.2, 0.25) is 0 Å². The van der Waals surface area contributed by atoms with E-state index in [0.29, 0.717) is 16.6 Å². The predicted molar refractivity (Wildman–Crippen MR) is 120 cm³/mol. The molecule has 0 radical (unpaired) electrons. The molecule has 0 saturated heterocycles. The molecule has 0 atom stereocenters. The van der Waals surface area contributed by atoms with Crippen molar-refractivity contribution in [2.45, 2.75) is 24.4 Å². The smallest absolute Gasteiger partial charge is 0.190 e. The van der Waals surface area contributed by atoms with Crippen LogP contribution in [0.5, 0.6) is 5.75 Å². The van der Waals surface area contributed by atoms with Gasteiger partial charge in [-0.25, -0.2) is 9.97 Å². The molecule has 148 valence electrons. The molecular formula is C24H20N4OS. The summed E-state index contributed by atoms with van der Waals surface area (Å²) in [5.41, 5.74) is 9.02. The summed E-state index contributed by atoms with van der Waals surface area (Å²) in [6.07, 6.45) is 0. The van der Waals surface area contributed by atoms with E-state index in [2.05, 4.69) is 40.3 Å². The number of aromatic nitrogens is 2. The van der Waals surface area contributed by atoms with Gasteiger partial charge in [-0.2, -0.15) is 5.26 Å². The first kappa shape index (κ1) is 19.7. The van der Waals surface area contributed by atoms with Gasteiger partial charge in [0.1, 0.15) is 35.5 Å². The maximum atomic E-state index is 9.50. The van der Waals surface area contributed by atoms with Crippen LogP contribution < -0.4 is 10.5 Å². The van der Waals surface area contributed by atoms with Crippen LogP contribution in [0, 0.1) is 18.3 Å². The fourth-order valence-electron chi connectivity index (χ4n) is 3.22. The second kappa shape index (κ2) is 8.85. The molecular weight excluding hydrogens is 392 g/mol. The molecule has 0 aliphatic rings. The molecule has 1 aromatic heterocycles. The Hall–Kier alpha value is -3.56. The van der Waals surface area contributed by atoms with Crippen molar-refractivity contribution in [1.82, 2.24) is 9.97 Å². The van der Waals surface area contributed by atoms with Gasteiger partial charge in [-0.05, 0) is 34.9 Å². The molecule has 4 aromatic rings. The van der Waals surface area contributed by atoms with Crippen LogP contribution in [0.3, 0.4) is 0 Å². The summed E-state index contributed by atoms with van der Waals surface area (Å²) in [6.45, 7) is 2.13. The number of nitriles is 1. The van der Waals surface area contributed by atoms with Crippen LogP contribution in [0.4, 0.5) is 5.82 Å². The van der Waals surface area contributed by atoms with Gasteiger partial charge in [-0.15, -0.1) is 0 Å². The third kappa shape index (κ3) is 4.22. The predicted octanol–water partition coefficient (Wildman–Crippen LogP) is 5.26. The Bertz CT molecular complexity index is 1240. The Morgan fingerprint density at radius 2 is 1.77 bits per heavy atom. The molecule has 4 rings (SSSR count). The zero-order valence-electron chi connectivity index (χ0n) is 16.5. The third-order valence-electron chi connectivity index (χ3n) is 4.80. The molecule has 0 aliphatic heterocycles. The lowest BCUT2D eigenvalue weighted by Gasteiger charge is -2.12. The molecule has 0 amide bonds. The maximum absolute atomic E-state index is 9.50. The van der Waals surface area contributed by atoms with Gasteiger partial charge in [0.2, 0.25) is 0 Å². The Balaban J connectivity index is 1.57. The van der Waals surface area contributed by atoms with Gasteiger partial charge < -0.3 is 10.5 Å². The first-order valence-corrected chi connectivity index (χ1v) is 10.5. The van der Waals surface area contributed by atoms with Crippen LogP contribution >= 0.6 is 11.8 Å². The number of hydrogen-bond acceptors (Lipinski definition) is 6. The highest BCUT2D eigenvalue weighted by molar-refractivity contribution is 7.98. The Morgan fingerprint density at radius 1 is 1.00 bits per heavy atom. The van der Waals surface area contributed by atoms with Gasteiger partial charge in [0, 0.05) is 5.75 Å². The number of fused-ring (bicyclic) bond motifs is 1. The highest BCUT2D eigenvalue weighted by Crippen LogP contribution is 2.28.